The smallest absolute Gasteiger partial charge is 0.333 e. The minimum Gasteiger partial charge on any atom is -0.346 e. The topological polar surface area (TPSA) is 247 Å². The molecule has 2 N–H and O–H groups in total. The van der Waals surface area contributed by atoms with Gasteiger partial charge in [0.25, 0.3) is 11.8 Å². The zero-order valence-corrected chi connectivity index (χ0v) is 37.2. The van der Waals surface area contributed by atoms with Gasteiger partial charge in [0, 0.05) is 11.1 Å². The van der Waals surface area contributed by atoms with Gasteiger partial charge in [0.15, 0.2) is 58.8 Å². The lowest BCUT2D eigenvalue weighted by molar-refractivity contribution is -0.0607. The number of nitrogens with one attached hydrogen (secondary N) is 2. The van der Waals surface area contributed by atoms with Crippen LogP contribution in [-0.2, 0) is 48.4 Å². The maximum Gasteiger partial charge on any atom is 0.333 e. The third-order valence-electron chi connectivity index (χ3n) is 10.4. The summed E-state index contributed by atoms with van der Waals surface area (Å²) >= 11 is 5.81. The zero-order chi connectivity index (χ0) is 46.5. The predicted molar refractivity (Wildman–Crippen MR) is 234 cm³/mol. The number of anilines is 2. The number of carbonyl (C=O) groups is 2. The summed E-state index contributed by atoms with van der Waals surface area (Å²) in [7, 11) is -2.52. The number of nitrogens with zero attached hydrogens (tertiary/aromatic N) is 10. The van der Waals surface area contributed by atoms with Gasteiger partial charge >= 0.3 is 15.3 Å². The van der Waals surface area contributed by atoms with Crippen LogP contribution in [0.1, 0.15) is 39.6 Å². The van der Waals surface area contributed by atoms with Gasteiger partial charge in [-0.15, -0.1) is 0 Å². The molecule has 0 radical (unpaired) electrons. The lowest BCUT2D eigenvalue weighted by atomic mass is 10.1. The molecule has 67 heavy (non-hydrogen) atoms. The van der Waals surface area contributed by atoms with Crippen LogP contribution in [0.5, 0.6) is 0 Å². The summed E-state index contributed by atoms with van der Waals surface area (Å²) in [4.78, 5) is 55.0. The summed E-state index contributed by atoms with van der Waals surface area (Å²) in [6.45, 7) is 1.62. The molecule has 2 amide bonds. The van der Waals surface area contributed by atoms with Crippen molar-refractivity contribution in [2.75, 3.05) is 43.6 Å². The van der Waals surface area contributed by atoms with Crippen molar-refractivity contribution in [3.63, 3.8) is 0 Å². The summed E-state index contributed by atoms with van der Waals surface area (Å²) < 4.78 is 85.5. The maximum absolute atomic E-state index is 17.1. The molecule has 6 aromatic rings. The lowest BCUT2D eigenvalue weighted by Crippen LogP contribution is -2.37. The SMILES string of the molecule is [C-]#[N+]CCOP1OC[C@H]2O[C@@H](n3cnc4c(NC(=O)c5ccccc5)ncnc43)[C@@H](F)C2OP(=S)(OCCC#N)OC[C@H]2O[C@@H](n3cnc4c(NC(=O)c5ccccc5)ncnc43)[C@@H](F)C2O1. The van der Waals surface area contributed by atoms with Gasteiger partial charge in [-0.25, -0.2) is 45.3 Å². The Hall–Kier alpha value is -5.92. The van der Waals surface area contributed by atoms with Crippen molar-refractivity contribution in [3.8, 4) is 6.07 Å². The first-order valence-corrected chi connectivity index (χ1v) is 24.0. The van der Waals surface area contributed by atoms with Crippen LogP contribution in [0.15, 0.2) is 86.0 Å². The fourth-order valence-electron chi connectivity index (χ4n) is 7.26. The first-order chi connectivity index (χ1) is 32.6. The van der Waals surface area contributed by atoms with Gasteiger partial charge in [0.1, 0.15) is 43.7 Å². The standard InChI is InChI=1S/C40H36F2N12O10P2S/c1-44-14-16-57-65-58-17-25-32(28(42)40(61-25)54-22-50-30-34(46-20-48-36(30)54)52-38(56)24-11-6-3-7-12-24)64-66(67,59-15-8-13-43)60-18-26-31(63-65)27(41)39(62-26)53-21-49-29-33(45-19-47-35(29)53)51-37(55)23-9-4-2-5-10-23/h2-7,9-12,19-22,25-28,31-32,39-40H,8,14-18H2,(H,45,47,51,55)(H,46,48,52,56)/t25-,26-,27+,28+,31?,32?,39-,40-,65?,66?/m1/s1. The van der Waals surface area contributed by atoms with Gasteiger partial charge in [-0.1, -0.05) is 36.4 Å². The zero-order valence-electron chi connectivity index (χ0n) is 34.6. The number of nitriles is 1. The van der Waals surface area contributed by atoms with Crippen LogP contribution in [0.25, 0.3) is 27.2 Å². The highest BCUT2D eigenvalue weighted by molar-refractivity contribution is 8.07. The molecule has 0 spiro atoms. The van der Waals surface area contributed by atoms with Gasteiger partial charge in [0.05, 0.1) is 45.0 Å². The number of hydrogen-bond donors (Lipinski definition) is 2. The molecular formula is C40H36F2N12O10P2S. The largest absolute Gasteiger partial charge is 0.346 e. The van der Waals surface area contributed by atoms with E-state index in [1.165, 1.54) is 34.4 Å². The molecule has 3 fully saturated rings. The highest BCUT2D eigenvalue weighted by Gasteiger charge is 2.54. The third kappa shape index (κ3) is 9.90. The van der Waals surface area contributed by atoms with Gasteiger partial charge in [-0.3, -0.25) is 23.2 Å². The summed E-state index contributed by atoms with van der Waals surface area (Å²) in [5, 5.41) is 14.7. The lowest BCUT2D eigenvalue weighted by Gasteiger charge is -2.31. The summed E-state index contributed by atoms with van der Waals surface area (Å²) in [6.07, 6.45) is -7.93. The molecule has 3 aliphatic heterocycles. The molecule has 0 saturated carbocycles. The van der Waals surface area contributed by atoms with Crippen molar-refractivity contribution < 1.29 is 55.0 Å². The fraction of sp³-hybridized carbons (Fsp3) is 0.350. The summed E-state index contributed by atoms with van der Waals surface area (Å²) in [6, 6.07) is 18.8. The Morgan fingerprint density at radius 3 is 1.94 bits per heavy atom. The quantitative estimate of drug-likeness (QED) is 0.0838. The highest BCUT2D eigenvalue weighted by atomic mass is 32.5. The number of carbonyl (C=O) groups excluding carboxylic acids is 2. The molecule has 9 rings (SSSR count). The first kappa shape index (κ1) is 46.2. The number of halogens is 2. The molecule has 27 heteroatoms. The molecule has 3 aliphatic rings. The number of fused-ring (bicyclic) bond motifs is 4. The van der Waals surface area contributed by atoms with Crippen molar-refractivity contribution in [2.24, 2.45) is 0 Å². The van der Waals surface area contributed by atoms with Crippen LogP contribution in [-0.4, -0.2) is 121 Å². The van der Waals surface area contributed by atoms with E-state index in [4.69, 9.17) is 55.0 Å². The van der Waals surface area contributed by atoms with Crippen LogP contribution in [0.2, 0.25) is 0 Å². The second-order valence-electron chi connectivity index (χ2n) is 14.6. The van der Waals surface area contributed by atoms with Crippen molar-refractivity contribution in [2.45, 2.75) is 55.6 Å². The molecule has 22 nitrogen and oxygen atoms in total. The second-order valence-corrected chi connectivity index (χ2v) is 18.7. The minimum atomic E-state index is -4.07. The van der Waals surface area contributed by atoms with E-state index in [0.717, 1.165) is 0 Å². The number of imidazole rings is 2. The summed E-state index contributed by atoms with van der Waals surface area (Å²) in [5.41, 5.74) is 1.18. The average molecular weight is 977 g/mol. The molecule has 7 heterocycles. The minimum absolute atomic E-state index is 0.0546. The number of alkyl halides is 2. The van der Waals surface area contributed by atoms with Gasteiger partial charge in [0.2, 0.25) is 6.54 Å². The van der Waals surface area contributed by atoms with E-state index >= 15 is 8.78 Å². The van der Waals surface area contributed by atoms with E-state index < -0.39 is 89.6 Å². The summed E-state index contributed by atoms with van der Waals surface area (Å²) in [5.74, 6) is -0.817. The molecule has 2 aromatic carbocycles. The average Bonchev–Trinajstić information content (AvgIpc) is 4.12. The van der Waals surface area contributed by atoms with E-state index in [1.807, 2.05) is 6.07 Å². The Morgan fingerprint density at radius 1 is 0.836 bits per heavy atom. The molecule has 4 aromatic heterocycles. The van der Waals surface area contributed by atoms with E-state index in [2.05, 4.69) is 45.4 Å². The van der Waals surface area contributed by atoms with Gasteiger partial charge in [-0.2, -0.15) is 5.26 Å². The maximum atomic E-state index is 17.1. The monoisotopic (exact) mass is 976 g/mol. The molecule has 10 atom stereocenters. The van der Waals surface area contributed by atoms with Crippen LogP contribution >= 0.6 is 15.3 Å². The van der Waals surface area contributed by atoms with E-state index in [-0.39, 0.29) is 60.1 Å². The van der Waals surface area contributed by atoms with Crippen LogP contribution < -0.4 is 10.6 Å². The number of ether oxygens (including phenoxy) is 2. The number of amides is 2. The van der Waals surface area contributed by atoms with Crippen LogP contribution in [0, 0.1) is 17.9 Å². The van der Waals surface area contributed by atoms with Gasteiger partial charge in [-0.05, 0) is 36.1 Å². The predicted octanol–water partition coefficient (Wildman–Crippen LogP) is 5.78. The second kappa shape index (κ2) is 20.5. The van der Waals surface area contributed by atoms with Crippen LogP contribution in [0.4, 0.5) is 20.4 Å². The normalized spacial score (nSPS) is 27.5. The van der Waals surface area contributed by atoms with E-state index in [0.29, 0.717) is 11.1 Å². The Balaban J connectivity index is 0.992. The number of hydrogen-bond acceptors (Lipinski definition) is 18. The molecule has 0 aliphatic carbocycles. The van der Waals surface area contributed by atoms with Crippen molar-refractivity contribution in [1.82, 2.24) is 39.0 Å². The van der Waals surface area contributed by atoms with Crippen molar-refractivity contribution in [3.05, 3.63) is 109 Å². The molecule has 0 bridgehead atoms. The van der Waals surface area contributed by atoms with Gasteiger partial charge < -0.3 is 47.6 Å². The highest BCUT2D eigenvalue weighted by Crippen LogP contribution is 2.56. The number of aromatic nitrogens is 8. The molecular weight excluding hydrogens is 941 g/mol. The van der Waals surface area contributed by atoms with E-state index in [1.54, 1.807) is 60.7 Å². The Bertz CT molecular complexity index is 2880. The van der Waals surface area contributed by atoms with E-state index in [9.17, 15) is 14.9 Å². The fourth-order valence-corrected chi connectivity index (χ4v) is 10.5. The number of benzene rings is 2. The Morgan fingerprint density at radius 2 is 1.39 bits per heavy atom. The molecule has 3 saturated heterocycles. The Kier molecular flexibility index (Phi) is 14.2. The molecule has 346 valence electrons. The van der Waals surface area contributed by atoms with Crippen molar-refractivity contribution >= 4 is 72.9 Å². The van der Waals surface area contributed by atoms with Crippen LogP contribution in [0.3, 0.4) is 0 Å². The Labute approximate surface area is 384 Å². The third-order valence-corrected chi connectivity index (χ3v) is 13.9. The first-order valence-electron chi connectivity index (χ1n) is 20.3. The molecule has 4 unspecified atom stereocenters. The number of rotatable bonds is 12. The van der Waals surface area contributed by atoms with Crippen molar-refractivity contribution in [1.29, 1.82) is 5.26 Å².